The van der Waals surface area contributed by atoms with Gasteiger partial charge in [0.1, 0.15) is 10.8 Å². The van der Waals surface area contributed by atoms with Gasteiger partial charge in [0.15, 0.2) is 0 Å². The van der Waals surface area contributed by atoms with Crippen molar-refractivity contribution in [1.29, 1.82) is 0 Å². The van der Waals surface area contributed by atoms with E-state index in [2.05, 4.69) is 4.98 Å². The second kappa shape index (κ2) is 5.06. The van der Waals surface area contributed by atoms with Crippen molar-refractivity contribution in [3.63, 3.8) is 0 Å². The molecule has 0 aliphatic heterocycles. The Morgan fingerprint density at radius 1 is 1.05 bits per heavy atom. The highest BCUT2D eigenvalue weighted by atomic mass is 32.1. The second-order valence-corrected chi connectivity index (χ2v) is 5.47. The Bertz CT molecular complexity index is 747. The third-order valence-electron chi connectivity index (χ3n) is 3.16. The van der Waals surface area contributed by atoms with E-state index in [1.807, 2.05) is 30.5 Å². The summed E-state index contributed by atoms with van der Waals surface area (Å²) < 4.78 is 12.9. The summed E-state index contributed by atoms with van der Waals surface area (Å²) in [5, 5.41) is 2.92. The van der Waals surface area contributed by atoms with Gasteiger partial charge in [0, 0.05) is 22.2 Å². The Hall–Kier alpha value is -2.20. The van der Waals surface area contributed by atoms with Crippen molar-refractivity contribution in [3.05, 3.63) is 59.2 Å². The smallest absolute Gasteiger partial charge is 0.124 e. The van der Waals surface area contributed by atoms with Gasteiger partial charge in [-0.2, -0.15) is 0 Å². The summed E-state index contributed by atoms with van der Waals surface area (Å²) in [6.45, 7) is 1.98. The van der Waals surface area contributed by atoms with E-state index in [0.717, 1.165) is 33.1 Å². The molecular formula is C16H13FN2S. The molecule has 0 aliphatic rings. The number of aromatic nitrogens is 1. The number of thiazole rings is 1. The van der Waals surface area contributed by atoms with Crippen LogP contribution in [0.15, 0.2) is 47.8 Å². The van der Waals surface area contributed by atoms with Crippen molar-refractivity contribution < 1.29 is 4.39 Å². The predicted molar refractivity (Wildman–Crippen MR) is 82.1 cm³/mol. The third kappa shape index (κ3) is 2.42. The predicted octanol–water partition coefficient (Wildman–Crippen LogP) is 4.51. The van der Waals surface area contributed by atoms with E-state index in [1.165, 1.54) is 12.1 Å². The van der Waals surface area contributed by atoms with Crippen LogP contribution >= 0.6 is 11.3 Å². The summed E-state index contributed by atoms with van der Waals surface area (Å²) in [6.07, 6.45) is 0. The highest BCUT2D eigenvalue weighted by molar-refractivity contribution is 7.13. The molecule has 0 saturated carbocycles. The van der Waals surface area contributed by atoms with E-state index < -0.39 is 0 Å². The van der Waals surface area contributed by atoms with E-state index in [9.17, 15) is 4.39 Å². The Morgan fingerprint density at radius 2 is 1.75 bits per heavy atom. The summed E-state index contributed by atoms with van der Waals surface area (Å²) in [7, 11) is 0. The molecule has 0 spiro atoms. The first-order valence-electron chi connectivity index (χ1n) is 6.21. The van der Waals surface area contributed by atoms with E-state index in [0.29, 0.717) is 0 Å². The number of benzene rings is 2. The van der Waals surface area contributed by atoms with Gasteiger partial charge in [-0.25, -0.2) is 9.37 Å². The first-order valence-corrected chi connectivity index (χ1v) is 7.09. The molecular weight excluding hydrogens is 271 g/mol. The molecule has 1 heterocycles. The van der Waals surface area contributed by atoms with Gasteiger partial charge in [-0.1, -0.05) is 0 Å². The summed E-state index contributed by atoms with van der Waals surface area (Å²) >= 11 is 1.57. The van der Waals surface area contributed by atoms with E-state index in [1.54, 1.807) is 23.5 Å². The Kier molecular flexibility index (Phi) is 3.24. The lowest BCUT2D eigenvalue weighted by Crippen LogP contribution is -1.89. The van der Waals surface area contributed by atoms with Gasteiger partial charge < -0.3 is 5.73 Å². The average molecular weight is 284 g/mol. The zero-order valence-electron chi connectivity index (χ0n) is 10.9. The van der Waals surface area contributed by atoms with Crippen molar-refractivity contribution in [2.45, 2.75) is 6.92 Å². The monoisotopic (exact) mass is 284 g/mol. The Labute approximate surface area is 120 Å². The molecule has 4 heteroatoms. The fourth-order valence-corrected chi connectivity index (χ4v) is 2.79. The molecule has 0 aliphatic carbocycles. The molecule has 1 aromatic heterocycles. The van der Waals surface area contributed by atoms with Crippen LogP contribution in [0.5, 0.6) is 0 Å². The molecule has 2 N–H and O–H groups in total. The van der Waals surface area contributed by atoms with Crippen LogP contribution in [0.25, 0.3) is 21.8 Å². The minimum absolute atomic E-state index is 0.238. The van der Waals surface area contributed by atoms with Gasteiger partial charge in [0.2, 0.25) is 0 Å². The van der Waals surface area contributed by atoms with Gasteiger partial charge in [-0.05, 0) is 55.0 Å². The maximum atomic E-state index is 12.9. The number of hydrogen-bond donors (Lipinski definition) is 1. The van der Waals surface area contributed by atoms with Crippen LogP contribution in [-0.4, -0.2) is 4.98 Å². The number of halogens is 1. The number of rotatable bonds is 2. The topological polar surface area (TPSA) is 38.9 Å². The minimum atomic E-state index is -0.238. The maximum absolute atomic E-state index is 12.9. The van der Waals surface area contributed by atoms with Crippen molar-refractivity contribution in [2.75, 3.05) is 5.73 Å². The fraction of sp³-hybridized carbons (Fsp3) is 0.0625. The normalized spacial score (nSPS) is 10.7. The van der Waals surface area contributed by atoms with Crippen LogP contribution in [0.2, 0.25) is 0 Å². The maximum Gasteiger partial charge on any atom is 0.124 e. The lowest BCUT2D eigenvalue weighted by molar-refractivity contribution is 0.628. The third-order valence-corrected chi connectivity index (χ3v) is 4.05. The fourth-order valence-electron chi connectivity index (χ4n) is 1.97. The van der Waals surface area contributed by atoms with Crippen LogP contribution in [0, 0.1) is 12.7 Å². The van der Waals surface area contributed by atoms with Crippen LogP contribution in [-0.2, 0) is 0 Å². The Balaban J connectivity index is 1.97. The first-order chi connectivity index (χ1) is 9.63. The van der Waals surface area contributed by atoms with Gasteiger partial charge in [-0.15, -0.1) is 11.3 Å². The SMILES string of the molecule is Cc1cc(-c2nc(-c3ccc(F)cc3)cs2)ccc1N. The molecule has 0 atom stereocenters. The number of hydrogen-bond acceptors (Lipinski definition) is 3. The number of nitrogen functional groups attached to an aromatic ring is 1. The zero-order chi connectivity index (χ0) is 14.1. The average Bonchev–Trinajstić information content (AvgIpc) is 2.92. The second-order valence-electron chi connectivity index (χ2n) is 4.62. The number of anilines is 1. The summed E-state index contributed by atoms with van der Waals surface area (Å²) in [5.74, 6) is -0.238. The molecule has 2 aromatic carbocycles. The number of nitrogens with zero attached hydrogens (tertiary/aromatic N) is 1. The highest BCUT2D eigenvalue weighted by Crippen LogP contribution is 2.30. The summed E-state index contributed by atoms with van der Waals surface area (Å²) in [4.78, 5) is 4.61. The van der Waals surface area contributed by atoms with Gasteiger partial charge in [0.05, 0.1) is 5.69 Å². The zero-order valence-corrected chi connectivity index (χ0v) is 11.7. The van der Waals surface area contributed by atoms with Crippen LogP contribution in [0.1, 0.15) is 5.56 Å². The largest absolute Gasteiger partial charge is 0.399 e. The molecule has 0 radical (unpaired) electrons. The number of nitrogens with two attached hydrogens (primary N) is 1. The van der Waals surface area contributed by atoms with Crippen LogP contribution < -0.4 is 5.73 Å². The molecule has 100 valence electrons. The molecule has 20 heavy (non-hydrogen) atoms. The van der Waals surface area contributed by atoms with E-state index in [4.69, 9.17) is 5.73 Å². The molecule has 0 bridgehead atoms. The molecule has 0 fully saturated rings. The van der Waals surface area contributed by atoms with E-state index >= 15 is 0 Å². The lowest BCUT2D eigenvalue weighted by atomic mass is 10.1. The molecule has 0 amide bonds. The van der Waals surface area contributed by atoms with Crippen molar-refractivity contribution in [1.82, 2.24) is 4.98 Å². The lowest BCUT2D eigenvalue weighted by Gasteiger charge is -2.02. The number of aryl methyl sites for hydroxylation is 1. The van der Waals surface area contributed by atoms with Crippen molar-refractivity contribution in [3.8, 4) is 21.8 Å². The summed E-state index contributed by atoms with van der Waals surface area (Å²) in [5.41, 5.74) is 10.5. The van der Waals surface area contributed by atoms with Crippen molar-refractivity contribution >= 4 is 17.0 Å². The van der Waals surface area contributed by atoms with Gasteiger partial charge in [-0.3, -0.25) is 0 Å². The minimum Gasteiger partial charge on any atom is -0.399 e. The molecule has 0 unspecified atom stereocenters. The molecule has 2 nitrogen and oxygen atoms in total. The molecule has 3 aromatic rings. The quantitative estimate of drug-likeness (QED) is 0.703. The molecule has 0 saturated heterocycles. The van der Waals surface area contributed by atoms with Gasteiger partial charge >= 0.3 is 0 Å². The van der Waals surface area contributed by atoms with Gasteiger partial charge in [0.25, 0.3) is 0 Å². The van der Waals surface area contributed by atoms with E-state index in [-0.39, 0.29) is 5.82 Å². The van der Waals surface area contributed by atoms with Crippen LogP contribution in [0.3, 0.4) is 0 Å². The first kappa shape index (κ1) is 12.8. The van der Waals surface area contributed by atoms with Crippen molar-refractivity contribution in [2.24, 2.45) is 0 Å². The standard InChI is InChI=1S/C16H13FN2S/c1-10-8-12(4-7-14(10)18)16-19-15(9-20-16)11-2-5-13(17)6-3-11/h2-9H,18H2,1H3. The highest BCUT2D eigenvalue weighted by Gasteiger charge is 2.07. The summed E-state index contributed by atoms with van der Waals surface area (Å²) in [6, 6.07) is 12.3. The molecule has 3 rings (SSSR count). The Morgan fingerprint density at radius 3 is 2.45 bits per heavy atom. The van der Waals surface area contributed by atoms with Crippen LogP contribution in [0.4, 0.5) is 10.1 Å².